The minimum absolute atomic E-state index is 0.0423. The van der Waals surface area contributed by atoms with Crippen LogP contribution in [0.4, 0.5) is 0 Å². The Morgan fingerprint density at radius 3 is 2.50 bits per heavy atom. The summed E-state index contributed by atoms with van der Waals surface area (Å²) in [7, 11) is 1.64. The van der Waals surface area contributed by atoms with E-state index in [-0.39, 0.29) is 5.91 Å². The normalized spacial score (nSPS) is 10.0. The van der Waals surface area contributed by atoms with Crippen LogP contribution in [-0.4, -0.2) is 26.0 Å². The zero-order valence-electron chi connectivity index (χ0n) is 6.90. The summed E-state index contributed by atoms with van der Waals surface area (Å²) in [5, 5.41) is 5.56. The van der Waals surface area contributed by atoms with Crippen LogP contribution >= 0.6 is 0 Å². The second-order valence-corrected chi connectivity index (χ2v) is 2.70. The minimum Gasteiger partial charge on any atom is -0.358 e. The lowest BCUT2D eigenvalue weighted by Crippen LogP contribution is -2.33. The van der Waals surface area contributed by atoms with E-state index in [2.05, 4.69) is 24.5 Å². The Bertz CT molecular complexity index is 102. The molecule has 0 unspecified atom stereocenters. The summed E-state index contributed by atoms with van der Waals surface area (Å²) >= 11 is 0. The molecule has 1 amide bonds. The zero-order chi connectivity index (χ0) is 7.98. The van der Waals surface area contributed by atoms with Crippen LogP contribution in [0.3, 0.4) is 0 Å². The van der Waals surface area contributed by atoms with Gasteiger partial charge < -0.3 is 10.6 Å². The molecule has 0 aromatic carbocycles. The van der Waals surface area contributed by atoms with Gasteiger partial charge in [-0.25, -0.2) is 0 Å². The summed E-state index contributed by atoms with van der Waals surface area (Å²) in [4.78, 5) is 10.6. The summed E-state index contributed by atoms with van der Waals surface area (Å²) in [6.45, 7) is 5.54. The van der Waals surface area contributed by atoms with Gasteiger partial charge in [-0.15, -0.1) is 0 Å². The third-order valence-electron chi connectivity index (χ3n) is 1.12. The number of carbonyl (C=O) groups excluding carboxylic acids is 1. The molecule has 0 aliphatic carbocycles. The van der Waals surface area contributed by atoms with E-state index in [0.29, 0.717) is 12.5 Å². The third kappa shape index (κ3) is 5.56. The molecule has 0 rings (SSSR count). The first-order chi connectivity index (χ1) is 4.66. The van der Waals surface area contributed by atoms with Gasteiger partial charge in [0.15, 0.2) is 0 Å². The van der Waals surface area contributed by atoms with E-state index in [1.165, 1.54) is 0 Å². The van der Waals surface area contributed by atoms with Gasteiger partial charge in [-0.05, 0) is 12.5 Å². The van der Waals surface area contributed by atoms with Gasteiger partial charge in [0.1, 0.15) is 0 Å². The highest BCUT2D eigenvalue weighted by Crippen LogP contribution is 1.85. The van der Waals surface area contributed by atoms with Crippen LogP contribution in [0.2, 0.25) is 0 Å². The molecule has 0 fully saturated rings. The quantitative estimate of drug-likeness (QED) is 0.582. The van der Waals surface area contributed by atoms with Crippen LogP contribution in [0, 0.1) is 5.92 Å². The molecule has 3 heteroatoms. The fourth-order valence-corrected chi connectivity index (χ4v) is 0.563. The number of likely N-dealkylation sites (N-methyl/N-ethyl adjacent to an activating group) is 1. The molecule has 0 aliphatic heterocycles. The third-order valence-corrected chi connectivity index (χ3v) is 1.12. The van der Waals surface area contributed by atoms with Crippen molar-refractivity contribution in [3.05, 3.63) is 0 Å². The van der Waals surface area contributed by atoms with Gasteiger partial charge in [-0.1, -0.05) is 13.8 Å². The van der Waals surface area contributed by atoms with E-state index in [0.717, 1.165) is 6.54 Å². The lowest BCUT2D eigenvalue weighted by molar-refractivity contribution is -0.119. The lowest BCUT2D eigenvalue weighted by Gasteiger charge is -2.05. The Balaban J connectivity index is 3.12. The van der Waals surface area contributed by atoms with Gasteiger partial charge in [0.25, 0.3) is 0 Å². The maximum atomic E-state index is 10.6. The first-order valence-corrected chi connectivity index (χ1v) is 3.58. The SMILES string of the molecule is CNC(=O)CNCC(C)C. The molecule has 0 aromatic heterocycles. The van der Waals surface area contributed by atoms with Gasteiger partial charge in [-0.3, -0.25) is 4.79 Å². The van der Waals surface area contributed by atoms with E-state index in [1.807, 2.05) is 0 Å². The zero-order valence-corrected chi connectivity index (χ0v) is 6.90. The van der Waals surface area contributed by atoms with E-state index in [1.54, 1.807) is 7.05 Å². The summed E-state index contributed by atoms with van der Waals surface area (Å²) in [6, 6.07) is 0. The topological polar surface area (TPSA) is 41.1 Å². The van der Waals surface area contributed by atoms with Gasteiger partial charge >= 0.3 is 0 Å². The van der Waals surface area contributed by atoms with E-state index in [9.17, 15) is 4.79 Å². The van der Waals surface area contributed by atoms with Crippen molar-refractivity contribution in [1.82, 2.24) is 10.6 Å². The Morgan fingerprint density at radius 1 is 1.50 bits per heavy atom. The van der Waals surface area contributed by atoms with Crippen LogP contribution in [0.1, 0.15) is 13.8 Å². The maximum Gasteiger partial charge on any atom is 0.233 e. The summed E-state index contributed by atoms with van der Waals surface area (Å²) in [5.41, 5.74) is 0. The molecule has 0 aromatic rings. The number of amides is 1. The predicted octanol–water partition coefficient (Wildman–Crippen LogP) is -0.0220. The number of hydrogen-bond acceptors (Lipinski definition) is 2. The number of nitrogens with one attached hydrogen (secondary N) is 2. The van der Waals surface area contributed by atoms with Crippen LogP contribution in [-0.2, 0) is 4.79 Å². The number of hydrogen-bond donors (Lipinski definition) is 2. The molecule has 10 heavy (non-hydrogen) atoms. The van der Waals surface area contributed by atoms with E-state index >= 15 is 0 Å². The second kappa shape index (κ2) is 5.23. The van der Waals surface area contributed by atoms with Gasteiger partial charge in [-0.2, -0.15) is 0 Å². The van der Waals surface area contributed by atoms with Crippen molar-refractivity contribution >= 4 is 5.91 Å². The standard InChI is InChI=1S/C7H16N2O/c1-6(2)4-9-5-7(10)8-3/h6,9H,4-5H2,1-3H3,(H,8,10). The molecule has 0 saturated carbocycles. The first kappa shape index (κ1) is 9.43. The van der Waals surface area contributed by atoms with Gasteiger partial charge in [0, 0.05) is 7.05 Å². The molecule has 2 N–H and O–H groups in total. The molecule has 3 nitrogen and oxygen atoms in total. The van der Waals surface area contributed by atoms with Crippen LogP contribution in [0.15, 0.2) is 0 Å². The van der Waals surface area contributed by atoms with Crippen molar-refractivity contribution in [3.63, 3.8) is 0 Å². The van der Waals surface area contributed by atoms with Crippen molar-refractivity contribution in [3.8, 4) is 0 Å². The fourth-order valence-electron chi connectivity index (χ4n) is 0.563. The molecule has 0 atom stereocenters. The average molecular weight is 144 g/mol. The Morgan fingerprint density at radius 2 is 2.10 bits per heavy atom. The summed E-state index contributed by atoms with van der Waals surface area (Å²) < 4.78 is 0. The molecule has 60 valence electrons. The van der Waals surface area contributed by atoms with Crippen molar-refractivity contribution < 1.29 is 4.79 Å². The van der Waals surface area contributed by atoms with Gasteiger partial charge in [0.2, 0.25) is 5.91 Å². The maximum absolute atomic E-state index is 10.6. The highest BCUT2D eigenvalue weighted by molar-refractivity contribution is 5.77. The molecule has 0 radical (unpaired) electrons. The molecular weight excluding hydrogens is 128 g/mol. The first-order valence-electron chi connectivity index (χ1n) is 3.58. The molecule has 0 saturated heterocycles. The van der Waals surface area contributed by atoms with Crippen molar-refractivity contribution in [2.75, 3.05) is 20.1 Å². The Kier molecular flexibility index (Phi) is 4.94. The largest absolute Gasteiger partial charge is 0.358 e. The average Bonchev–Trinajstić information content (AvgIpc) is 1.87. The molecule has 0 heterocycles. The number of rotatable bonds is 4. The van der Waals surface area contributed by atoms with Crippen molar-refractivity contribution in [2.24, 2.45) is 5.92 Å². The van der Waals surface area contributed by atoms with E-state index in [4.69, 9.17) is 0 Å². The fraction of sp³-hybridized carbons (Fsp3) is 0.857. The Hall–Kier alpha value is -0.570. The highest BCUT2D eigenvalue weighted by atomic mass is 16.1. The summed E-state index contributed by atoms with van der Waals surface area (Å²) in [5.74, 6) is 0.644. The second-order valence-electron chi connectivity index (χ2n) is 2.70. The van der Waals surface area contributed by atoms with Crippen LogP contribution in [0.25, 0.3) is 0 Å². The van der Waals surface area contributed by atoms with Crippen LogP contribution in [0.5, 0.6) is 0 Å². The van der Waals surface area contributed by atoms with Crippen molar-refractivity contribution in [1.29, 1.82) is 0 Å². The monoisotopic (exact) mass is 144 g/mol. The Labute approximate surface area is 62.2 Å². The smallest absolute Gasteiger partial charge is 0.233 e. The molecule has 0 bridgehead atoms. The molecule has 0 spiro atoms. The van der Waals surface area contributed by atoms with Gasteiger partial charge in [0.05, 0.1) is 6.54 Å². The lowest BCUT2D eigenvalue weighted by atomic mass is 10.2. The molecular formula is C7H16N2O. The summed E-state index contributed by atoms with van der Waals surface area (Å²) in [6.07, 6.45) is 0. The van der Waals surface area contributed by atoms with Crippen LogP contribution < -0.4 is 10.6 Å². The highest BCUT2D eigenvalue weighted by Gasteiger charge is 1.96. The van der Waals surface area contributed by atoms with Crippen molar-refractivity contribution in [2.45, 2.75) is 13.8 Å². The predicted molar refractivity (Wildman–Crippen MR) is 41.8 cm³/mol. The molecule has 0 aliphatic rings. The van der Waals surface area contributed by atoms with E-state index < -0.39 is 0 Å². The minimum atomic E-state index is 0.0423. The number of carbonyl (C=O) groups is 1.